The van der Waals surface area contributed by atoms with Crippen LogP contribution in [0.2, 0.25) is 0 Å². The number of hydrogen-bond donors (Lipinski definition) is 1. The summed E-state index contributed by atoms with van der Waals surface area (Å²) >= 11 is 7.50. The summed E-state index contributed by atoms with van der Waals surface area (Å²) < 4.78 is 0.122. The molecule has 3 heteroatoms. The van der Waals surface area contributed by atoms with Gasteiger partial charge >= 0.3 is 0 Å². The number of thioether (sulfide) groups is 1. The van der Waals surface area contributed by atoms with E-state index in [9.17, 15) is 0 Å². The Labute approximate surface area is 82.5 Å². The molecule has 1 aromatic carbocycles. The molecule has 0 heterocycles. The van der Waals surface area contributed by atoms with E-state index in [1.54, 1.807) is 11.8 Å². The van der Waals surface area contributed by atoms with Gasteiger partial charge in [0.1, 0.15) is 0 Å². The second-order valence-corrected chi connectivity index (χ2v) is 4.77. The second-order valence-electron chi connectivity index (χ2n) is 2.44. The van der Waals surface area contributed by atoms with E-state index in [-0.39, 0.29) is 4.71 Å². The van der Waals surface area contributed by atoms with Crippen LogP contribution in [0.15, 0.2) is 29.2 Å². The summed E-state index contributed by atoms with van der Waals surface area (Å²) in [5.74, 6) is 0. The number of halogens is 1. The van der Waals surface area contributed by atoms with Gasteiger partial charge < -0.3 is 5.32 Å². The summed E-state index contributed by atoms with van der Waals surface area (Å²) in [4.78, 5) is 1.20. The molecule has 66 valence electrons. The minimum atomic E-state index is 0.122. The molecule has 0 aliphatic rings. The van der Waals surface area contributed by atoms with E-state index >= 15 is 0 Å². The van der Waals surface area contributed by atoms with Gasteiger partial charge in [-0.3, -0.25) is 0 Å². The zero-order valence-electron chi connectivity index (χ0n) is 7.17. The average molecular weight is 202 g/mol. The largest absolute Gasteiger partial charge is 0.388 e. The SMILES string of the molecule is CNc1cccc(SC(C)Cl)c1. The maximum Gasteiger partial charge on any atom is 0.0807 e. The average Bonchev–Trinajstić information content (AvgIpc) is 2.03. The first-order valence-electron chi connectivity index (χ1n) is 3.81. The highest BCUT2D eigenvalue weighted by molar-refractivity contribution is 8.01. The molecule has 0 aliphatic carbocycles. The van der Waals surface area contributed by atoms with Crippen molar-refractivity contribution >= 4 is 29.1 Å². The lowest BCUT2D eigenvalue weighted by Crippen LogP contribution is -1.88. The van der Waals surface area contributed by atoms with Gasteiger partial charge in [0, 0.05) is 17.6 Å². The predicted molar refractivity (Wildman–Crippen MR) is 57.2 cm³/mol. The molecule has 12 heavy (non-hydrogen) atoms. The Morgan fingerprint density at radius 2 is 2.25 bits per heavy atom. The van der Waals surface area contributed by atoms with Crippen molar-refractivity contribution in [3.63, 3.8) is 0 Å². The smallest absolute Gasteiger partial charge is 0.0807 e. The first-order valence-corrected chi connectivity index (χ1v) is 5.12. The lowest BCUT2D eigenvalue weighted by atomic mass is 10.3. The molecule has 1 aromatic rings. The van der Waals surface area contributed by atoms with Crippen molar-refractivity contribution in [2.75, 3.05) is 12.4 Å². The fourth-order valence-corrected chi connectivity index (χ4v) is 1.95. The minimum Gasteiger partial charge on any atom is -0.388 e. The summed E-state index contributed by atoms with van der Waals surface area (Å²) in [6, 6.07) is 8.20. The Morgan fingerprint density at radius 1 is 1.50 bits per heavy atom. The molecule has 1 unspecified atom stereocenters. The van der Waals surface area contributed by atoms with Gasteiger partial charge in [-0.25, -0.2) is 0 Å². The van der Waals surface area contributed by atoms with E-state index in [0.29, 0.717) is 0 Å². The van der Waals surface area contributed by atoms with E-state index in [2.05, 4.69) is 17.4 Å². The number of alkyl halides is 1. The van der Waals surface area contributed by atoms with Crippen LogP contribution in [0, 0.1) is 0 Å². The van der Waals surface area contributed by atoms with E-state index < -0.39 is 0 Å². The van der Waals surface area contributed by atoms with Crippen molar-refractivity contribution in [1.82, 2.24) is 0 Å². The van der Waals surface area contributed by atoms with Crippen molar-refractivity contribution in [3.05, 3.63) is 24.3 Å². The Kier molecular flexibility index (Phi) is 3.76. The van der Waals surface area contributed by atoms with E-state index in [0.717, 1.165) is 5.69 Å². The van der Waals surface area contributed by atoms with Gasteiger partial charge in [0.25, 0.3) is 0 Å². The van der Waals surface area contributed by atoms with Crippen LogP contribution < -0.4 is 5.32 Å². The fourth-order valence-electron chi connectivity index (χ4n) is 0.912. The molecular formula is C9H12ClNS. The van der Waals surface area contributed by atoms with E-state index in [1.165, 1.54) is 4.90 Å². The molecule has 1 nitrogen and oxygen atoms in total. The number of nitrogens with one attached hydrogen (secondary N) is 1. The first-order chi connectivity index (χ1) is 5.72. The van der Waals surface area contributed by atoms with Crippen LogP contribution in [0.4, 0.5) is 5.69 Å². The molecular weight excluding hydrogens is 190 g/mol. The Morgan fingerprint density at radius 3 is 2.83 bits per heavy atom. The van der Waals surface area contributed by atoms with Crippen LogP contribution in [0.3, 0.4) is 0 Å². The van der Waals surface area contributed by atoms with E-state index in [1.807, 2.05) is 26.1 Å². The molecule has 0 aromatic heterocycles. The van der Waals surface area contributed by atoms with Crippen LogP contribution in [0.1, 0.15) is 6.92 Å². The number of benzene rings is 1. The van der Waals surface area contributed by atoms with Gasteiger partial charge in [0.2, 0.25) is 0 Å². The molecule has 1 atom stereocenters. The standard InChI is InChI=1S/C9H12ClNS/c1-7(10)12-9-5-3-4-8(6-9)11-2/h3-7,11H,1-2H3. The van der Waals surface area contributed by atoms with Crippen molar-refractivity contribution in [1.29, 1.82) is 0 Å². The molecule has 0 aliphatic heterocycles. The van der Waals surface area contributed by atoms with Gasteiger partial charge in [-0.1, -0.05) is 6.07 Å². The normalized spacial score (nSPS) is 12.6. The second kappa shape index (κ2) is 4.63. The molecule has 0 radical (unpaired) electrons. The Balaban J connectivity index is 2.72. The Bertz CT molecular complexity index is 250. The van der Waals surface area contributed by atoms with E-state index in [4.69, 9.17) is 11.6 Å². The first kappa shape index (κ1) is 9.75. The highest BCUT2D eigenvalue weighted by Gasteiger charge is 1.99. The summed E-state index contributed by atoms with van der Waals surface area (Å²) in [6.45, 7) is 1.97. The third-order valence-corrected chi connectivity index (χ3v) is 2.54. The molecule has 0 fully saturated rings. The molecule has 0 amide bonds. The van der Waals surface area contributed by atoms with Gasteiger partial charge in [0.15, 0.2) is 0 Å². The number of hydrogen-bond acceptors (Lipinski definition) is 2. The molecule has 0 bridgehead atoms. The van der Waals surface area contributed by atoms with Gasteiger partial charge in [-0.15, -0.1) is 23.4 Å². The van der Waals surface area contributed by atoms with Crippen molar-refractivity contribution in [2.45, 2.75) is 16.5 Å². The Hall–Kier alpha value is -0.340. The molecule has 1 N–H and O–H groups in total. The van der Waals surface area contributed by atoms with Crippen LogP contribution in [-0.4, -0.2) is 11.8 Å². The van der Waals surface area contributed by atoms with Crippen molar-refractivity contribution in [2.24, 2.45) is 0 Å². The number of anilines is 1. The lowest BCUT2D eigenvalue weighted by Gasteiger charge is -2.05. The minimum absolute atomic E-state index is 0.122. The quantitative estimate of drug-likeness (QED) is 0.594. The molecule has 0 saturated heterocycles. The van der Waals surface area contributed by atoms with Crippen molar-refractivity contribution in [3.8, 4) is 0 Å². The molecule has 0 spiro atoms. The predicted octanol–water partition coefficient (Wildman–Crippen LogP) is 3.41. The maximum absolute atomic E-state index is 5.85. The molecule has 0 saturated carbocycles. The third-order valence-electron chi connectivity index (χ3n) is 1.42. The fraction of sp³-hybridized carbons (Fsp3) is 0.333. The lowest BCUT2D eigenvalue weighted by molar-refractivity contribution is 1.36. The monoisotopic (exact) mass is 201 g/mol. The van der Waals surface area contributed by atoms with Crippen molar-refractivity contribution < 1.29 is 0 Å². The van der Waals surface area contributed by atoms with Gasteiger partial charge in [-0.05, 0) is 25.1 Å². The summed E-state index contributed by atoms with van der Waals surface area (Å²) in [5.41, 5.74) is 1.12. The topological polar surface area (TPSA) is 12.0 Å². The highest BCUT2D eigenvalue weighted by atomic mass is 35.5. The van der Waals surface area contributed by atoms with Gasteiger partial charge in [0.05, 0.1) is 4.71 Å². The summed E-state index contributed by atoms with van der Waals surface area (Å²) in [5, 5.41) is 3.08. The van der Waals surface area contributed by atoms with Gasteiger partial charge in [-0.2, -0.15) is 0 Å². The van der Waals surface area contributed by atoms with Crippen LogP contribution in [-0.2, 0) is 0 Å². The number of rotatable bonds is 3. The maximum atomic E-state index is 5.85. The summed E-state index contributed by atoms with van der Waals surface area (Å²) in [6.07, 6.45) is 0. The van der Waals surface area contributed by atoms with Crippen LogP contribution in [0.5, 0.6) is 0 Å². The van der Waals surface area contributed by atoms with Crippen LogP contribution >= 0.6 is 23.4 Å². The van der Waals surface area contributed by atoms with Crippen LogP contribution in [0.25, 0.3) is 0 Å². The highest BCUT2D eigenvalue weighted by Crippen LogP contribution is 2.27. The zero-order chi connectivity index (χ0) is 8.97. The third kappa shape index (κ3) is 2.95. The molecule has 1 rings (SSSR count). The summed E-state index contributed by atoms with van der Waals surface area (Å²) in [7, 11) is 1.91. The zero-order valence-corrected chi connectivity index (χ0v) is 8.75.